The summed E-state index contributed by atoms with van der Waals surface area (Å²) in [6, 6.07) is 14.0. The first-order valence-electron chi connectivity index (χ1n) is 8.10. The van der Waals surface area contributed by atoms with Crippen LogP contribution in [0.5, 0.6) is 11.5 Å². The molecule has 1 N–H and O–H groups in total. The van der Waals surface area contributed by atoms with Crippen molar-refractivity contribution in [1.29, 1.82) is 0 Å². The van der Waals surface area contributed by atoms with E-state index in [1.54, 1.807) is 42.5 Å². The lowest BCUT2D eigenvalue weighted by atomic mass is 10.2. The molecule has 0 aliphatic heterocycles. The number of rotatable bonds is 9. The topological polar surface area (TPSA) is 73.9 Å². The summed E-state index contributed by atoms with van der Waals surface area (Å²) in [6.07, 6.45) is 0. The summed E-state index contributed by atoms with van der Waals surface area (Å²) in [5.74, 6) is 0.178. The Morgan fingerprint density at radius 2 is 1.62 bits per heavy atom. The van der Waals surface area contributed by atoms with Crippen LogP contribution in [-0.2, 0) is 20.9 Å². The molecular weight excluding hydrogens is 358 g/mol. The Morgan fingerprint density at radius 3 is 2.27 bits per heavy atom. The van der Waals surface area contributed by atoms with Crippen LogP contribution in [0.25, 0.3) is 0 Å². The average molecular weight is 378 g/mol. The Hall–Kier alpha value is -2.73. The van der Waals surface area contributed by atoms with E-state index in [0.717, 1.165) is 11.3 Å². The Balaban J connectivity index is 1.66. The van der Waals surface area contributed by atoms with Gasteiger partial charge in [0.1, 0.15) is 11.5 Å². The molecule has 0 unspecified atom stereocenters. The van der Waals surface area contributed by atoms with Crippen molar-refractivity contribution >= 4 is 23.5 Å². The van der Waals surface area contributed by atoms with Gasteiger partial charge in [0.05, 0.1) is 6.61 Å². The Labute approximate surface area is 157 Å². The minimum absolute atomic E-state index is 0.263. The van der Waals surface area contributed by atoms with Crippen LogP contribution in [0.3, 0.4) is 0 Å². The molecule has 0 heterocycles. The summed E-state index contributed by atoms with van der Waals surface area (Å²) >= 11 is 6.00. The van der Waals surface area contributed by atoms with E-state index in [9.17, 15) is 9.59 Å². The van der Waals surface area contributed by atoms with Crippen molar-refractivity contribution in [1.82, 2.24) is 5.32 Å². The summed E-state index contributed by atoms with van der Waals surface area (Å²) in [5, 5.41) is 3.20. The Morgan fingerprint density at radius 1 is 0.962 bits per heavy atom. The fraction of sp³-hybridized carbons (Fsp3) is 0.263. The van der Waals surface area contributed by atoms with Crippen molar-refractivity contribution in [3.8, 4) is 11.5 Å². The molecule has 0 aliphatic rings. The molecule has 6 nitrogen and oxygen atoms in total. The fourth-order valence-electron chi connectivity index (χ4n) is 2.02. The second-order valence-corrected chi connectivity index (χ2v) is 5.63. The highest BCUT2D eigenvalue weighted by Crippen LogP contribution is 2.17. The maximum Gasteiger partial charge on any atom is 0.344 e. The van der Waals surface area contributed by atoms with Gasteiger partial charge in [0.15, 0.2) is 13.2 Å². The lowest BCUT2D eigenvalue weighted by Gasteiger charge is -2.09. The highest BCUT2D eigenvalue weighted by Gasteiger charge is 2.09. The SMILES string of the molecule is CCOc1ccc(OCC(=O)OCC(=O)NCc2ccccc2Cl)cc1. The molecule has 0 saturated carbocycles. The minimum atomic E-state index is -0.633. The predicted octanol–water partition coefficient (Wildman–Crippen LogP) is 2.98. The van der Waals surface area contributed by atoms with Crippen LogP contribution in [0.15, 0.2) is 48.5 Å². The maximum atomic E-state index is 11.7. The number of carbonyl (C=O) groups is 2. The molecule has 0 bridgehead atoms. The van der Waals surface area contributed by atoms with Gasteiger partial charge < -0.3 is 19.5 Å². The van der Waals surface area contributed by atoms with Crippen molar-refractivity contribution in [3.05, 3.63) is 59.1 Å². The van der Waals surface area contributed by atoms with Crippen molar-refractivity contribution in [3.63, 3.8) is 0 Å². The largest absolute Gasteiger partial charge is 0.494 e. The smallest absolute Gasteiger partial charge is 0.344 e. The Bertz CT molecular complexity index is 733. The van der Waals surface area contributed by atoms with E-state index < -0.39 is 11.9 Å². The summed E-state index contributed by atoms with van der Waals surface area (Å²) in [6.45, 7) is 2.07. The molecular formula is C19H20ClNO5. The van der Waals surface area contributed by atoms with Gasteiger partial charge in [-0.05, 0) is 42.8 Å². The van der Waals surface area contributed by atoms with E-state index in [0.29, 0.717) is 17.4 Å². The maximum absolute atomic E-state index is 11.7. The van der Waals surface area contributed by atoms with Gasteiger partial charge in [-0.1, -0.05) is 29.8 Å². The predicted molar refractivity (Wildman–Crippen MR) is 97.4 cm³/mol. The Kier molecular flexibility index (Phi) is 7.76. The molecule has 26 heavy (non-hydrogen) atoms. The molecule has 0 radical (unpaired) electrons. The number of halogens is 1. The van der Waals surface area contributed by atoms with Crippen LogP contribution in [0.4, 0.5) is 0 Å². The standard InChI is InChI=1S/C19H20ClNO5/c1-2-24-15-7-9-16(10-8-15)25-13-19(23)26-12-18(22)21-11-14-5-3-4-6-17(14)20/h3-10H,2,11-13H2,1H3,(H,21,22). The van der Waals surface area contributed by atoms with E-state index in [1.165, 1.54) is 0 Å². The summed E-state index contributed by atoms with van der Waals surface area (Å²) < 4.78 is 15.5. The first-order chi connectivity index (χ1) is 12.6. The quantitative estimate of drug-likeness (QED) is 0.680. The number of esters is 1. The first kappa shape index (κ1) is 19.6. The average Bonchev–Trinajstić information content (AvgIpc) is 2.65. The number of amides is 1. The second-order valence-electron chi connectivity index (χ2n) is 5.22. The van der Waals surface area contributed by atoms with Crippen molar-refractivity contribution in [2.75, 3.05) is 19.8 Å². The van der Waals surface area contributed by atoms with E-state index in [-0.39, 0.29) is 19.8 Å². The van der Waals surface area contributed by atoms with Gasteiger partial charge >= 0.3 is 5.97 Å². The fourth-order valence-corrected chi connectivity index (χ4v) is 2.22. The molecule has 0 atom stereocenters. The minimum Gasteiger partial charge on any atom is -0.494 e. The number of nitrogens with one attached hydrogen (secondary N) is 1. The van der Waals surface area contributed by atoms with Crippen LogP contribution in [0.2, 0.25) is 5.02 Å². The molecule has 138 valence electrons. The van der Waals surface area contributed by atoms with Gasteiger partial charge in [0.25, 0.3) is 5.91 Å². The van der Waals surface area contributed by atoms with Gasteiger partial charge in [-0.2, -0.15) is 0 Å². The zero-order valence-electron chi connectivity index (χ0n) is 14.4. The molecule has 7 heteroatoms. The molecule has 0 aromatic heterocycles. The molecule has 0 fully saturated rings. The normalized spacial score (nSPS) is 10.1. The molecule has 1 amide bonds. The summed E-state index contributed by atoms with van der Waals surface area (Å²) in [4.78, 5) is 23.4. The van der Waals surface area contributed by atoms with E-state index in [1.807, 2.05) is 13.0 Å². The van der Waals surface area contributed by atoms with Crippen LogP contribution in [-0.4, -0.2) is 31.7 Å². The highest BCUT2D eigenvalue weighted by molar-refractivity contribution is 6.31. The molecule has 0 saturated heterocycles. The number of benzene rings is 2. The van der Waals surface area contributed by atoms with Gasteiger partial charge in [-0.25, -0.2) is 4.79 Å². The molecule has 2 rings (SSSR count). The van der Waals surface area contributed by atoms with Crippen molar-refractivity contribution in [2.24, 2.45) is 0 Å². The van der Waals surface area contributed by atoms with Crippen LogP contribution in [0, 0.1) is 0 Å². The van der Waals surface area contributed by atoms with Gasteiger partial charge in [-0.15, -0.1) is 0 Å². The van der Waals surface area contributed by atoms with Gasteiger partial charge in [-0.3, -0.25) is 4.79 Å². The summed E-state index contributed by atoms with van der Waals surface area (Å²) in [7, 11) is 0. The van der Waals surface area contributed by atoms with E-state index in [2.05, 4.69) is 5.32 Å². The van der Waals surface area contributed by atoms with E-state index >= 15 is 0 Å². The van der Waals surface area contributed by atoms with Crippen molar-refractivity contribution in [2.45, 2.75) is 13.5 Å². The van der Waals surface area contributed by atoms with Crippen LogP contribution in [0.1, 0.15) is 12.5 Å². The second kappa shape index (κ2) is 10.3. The molecule has 0 spiro atoms. The number of ether oxygens (including phenoxy) is 3. The number of hydrogen-bond acceptors (Lipinski definition) is 5. The lowest BCUT2D eigenvalue weighted by Crippen LogP contribution is -2.29. The zero-order valence-corrected chi connectivity index (χ0v) is 15.1. The van der Waals surface area contributed by atoms with Crippen LogP contribution >= 0.6 is 11.6 Å². The molecule has 2 aromatic rings. The third kappa shape index (κ3) is 6.64. The third-order valence-corrected chi connectivity index (χ3v) is 3.66. The monoisotopic (exact) mass is 377 g/mol. The third-order valence-electron chi connectivity index (χ3n) is 3.29. The van der Waals surface area contributed by atoms with Gasteiger partial charge in [0, 0.05) is 11.6 Å². The summed E-state index contributed by atoms with van der Waals surface area (Å²) in [5.41, 5.74) is 0.785. The molecule has 2 aromatic carbocycles. The molecule has 0 aliphatic carbocycles. The van der Waals surface area contributed by atoms with E-state index in [4.69, 9.17) is 25.8 Å². The first-order valence-corrected chi connectivity index (χ1v) is 8.47. The highest BCUT2D eigenvalue weighted by atomic mass is 35.5. The number of hydrogen-bond donors (Lipinski definition) is 1. The lowest BCUT2D eigenvalue weighted by molar-refractivity contribution is -0.150. The zero-order chi connectivity index (χ0) is 18.8. The van der Waals surface area contributed by atoms with Crippen molar-refractivity contribution < 1.29 is 23.8 Å². The number of carbonyl (C=O) groups excluding carboxylic acids is 2. The van der Waals surface area contributed by atoms with Crippen LogP contribution < -0.4 is 14.8 Å². The van der Waals surface area contributed by atoms with Gasteiger partial charge in [0.2, 0.25) is 0 Å².